The minimum atomic E-state index is -0.856. The summed E-state index contributed by atoms with van der Waals surface area (Å²) in [7, 11) is 0. The van der Waals surface area contributed by atoms with Gasteiger partial charge in [-0.05, 0) is 30.2 Å². The Morgan fingerprint density at radius 1 is 0.917 bits per heavy atom. The summed E-state index contributed by atoms with van der Waals surface area (Å²) in [6.45, 7) is 2.13. The van der Waals surface area contributed by atoms with Crippen LogP contribution in [0.5, 0.6) is 0 Å². The van der Waals surface area contributed by atoms with Crippen LogP contribution in [0.1, 0.15) is 35.9 Å². The van der Waals surface area contributed by atoms with Gasteiger partial charge in [-0.15, -0.1) is 21.8 Å². The third kappa shape index (κ3) is 6.49. The van der Waals surface area contributed by atoms with Crippen molar-refractivity contribution in [2.24, 2.45) is 0 Å². The molecule has 0 aliphatic rings. The number of rotatable bonds is 9. The van der Waals surface area contributed by atoms with Crippen LogP contribution >= 0.6 is 34.5 Å². The summed E-state index contributed by atoms with van der Waals surface area (Å²) in [5, 5.41) is 11.8. The topological polar surface area (TPSA) is 75.2 Å². The van der Waals surface area contributed by atoms with E-state index in [9.17, 15) is 9.59 Å². The van der Waals surface area contributed by atoms with Crippen LogP contribution in [0, 0.1) is 0 Å². The minimum Gasteiger partial charge on any atom is -0.334 e. The molecule has 2 unspecified atom stereocenters. The van der Waals surface area contributed by atoms with Gasteiger partial charge < -0.3 is 10.2 Å². The predicted molar refractivity (Wildman–Crippen MR) is 145 cm³/mol. The molecule has 0 aliphatic heterocycles. The van der Waals surface area contributed by atoms with Crippen molar-refractivity contribution in [2.45, 2.75) is 24.8 Å². The molecule has 36 heavy (non-hydrogen) atoms. The highest BCUT2D eigenvalue weighted by atomic mass is 35.5. The van der Waals surface area contributed by atoms with E-state index in [0.29, 0.717) is 20.7 Å². The minimum absolute atomic E-state index is 0.0805. The van der Waals surface area contributed by atoms with Crippen molar-refractivity contribution in [2.75, 3.05) is 11.9 Å². The third-order valence-corrected chi connectivity index (χ3v) is 7.26. The Balaban J connectivity index is 1.45. The number of alkyl halides is 1. The molecule has 1 heterocycles. The summed E-state index contributed by atoms with van der Waals surface area (Å²) < 4.78 is 0. The van der Waals surface area contributed by atoms with Gasteiger partial charge in [0, 0.05) is 23.6 Å². The number of amides is 2. The zero-order chi connectivity index (χ0) is 25.5. The molecule has 6 nitrogen and oxygen atoms in total. The molecule has 0 aliphatic carbocycles. The molecular weight excluding hydrogens is 515 g/mol. The van der Waals surface area contributed by atoms with E-state index in [1.807, 2.05) is 79.7 Å². The van der Waals surface area contributed by atoms with Gasteiger partial charge in [0.15, 0.2) is 0 Å². The highest BCUT2D eigenvalue weighted by Crippen LogP contribution is 2.30. The molecule has 1 N–H and O–H groups in total. The normalized spacial score (nSPS) is 12.5. The molecule has 9 heteroatoms. The van der Waals surface area contributed by atoms with Crippen LogP contribution in [0.3, 0.4) is 0 Å². The number of benzene rings is 3. The molecule has 0 radical (unpaired) electrons. The third-order valence-electron chi connectivity index (χ3n) is 5.68. The van der Waals surface area contributed by atoms with Crippen molar-refractivity contribution in [1.82, 2.24) is 15.1 Å². The zero-order valence-electron chi connectivity index (χ0n) is 19.5. The Hall–Kier alpha value is -3.26. The fraction of sp³-hybridized carbons (Fsp3) is 0.185. The van der Waals surface area contributed by atoms with Crippen LogP contribution in [-0.2, 0) is 9.59 Å². The Morgan fingerprint density at radius 3 is 2.17 bits per heavy atom. The highest BCUT2D eigenvalue weighted by molar-refractivity contribution is 7.18. The number of hydrogen-bond donors (Lipinski definition) is 1. The number of nitrogens with zero attached hydrogens (tertiary/aromatic N) is 3. The number of halogens is 2. The first kappa shape index (κ1) is 25.8. The standard InChI is InChI=1S/C27H24Cl2N4O2S/c1-18(19-8-4-2-5-9-19)33(26(35)24(29)20-10-6-3-7-11-20)17-16-23(34)30-27-32-31-25(36-27)21-12-14-22(28)15-13-21/h2-15,18,24H,16-17H2,1H3,(H,30,32,34). The van der Waals surface area contributed by atoms with Crippen LogP contribution in [0.25, 0.3) is 10.6 Å². The fourth-order valence-electron chi connectivity index (χ4n) is 3.70. The van der Waals surface area contributed by atoms with Crippen LogP contribution in [0.2, 0.25) is 5.02 Å². The first-order chi connectivity index (χ1) is 17.4. The summed E-state index contributed by atoms with van der Waals surface area (Å²) in [4.78, 5) is 27.9. The van der Waals surface area contributed by atoms with Crippen molar-refractivity contribution < 1.29 is 9.59 Å². The van der Waals surface area contributed by atoms with Crippen molar-refractivity contribution in [3.63, 3.8) is 0 Å². The van der Waals surface area contributed by atoms with Gasteiger partial charge in [0.05, 0.1) is 6.04 Å². The molecule has 4 rings (SSSR count). The zero-order valence-corrected chi connectivity index (χ0v) is 21.8. The average Bonchev–Trinajstić information content (AvgIpc) is 3.37. The van der Waals surface area contributed by atoms with Crippen LogP contribution in [0.15, 0.2) is 84.9 Å². The molecule has 1 aromatic heterocycles. The number of carbonyl (C=O) groups excluding carboxylic acids is 2. The first-order valence-corrected chi connectivity index (χ1v) is 13.0. The highest BCUT2D eigenvalue weighted by Gasteiger charge is 2.28. The maximum Gasteiger partial charge on any atom is 0.245 e. The smallest absolute Gasteiger partial charge is 0.245 e. The number of aromatic nitrogens is 2. The number of nitrogens with one attached hydrogen (secondary N) is 1. The van der Waals surface area contributed by atoms with E-state index < -0.39 is 5.38 Å². The lowest BCUT2D eigenvalue weighted by Gasteiger charge is -2.31. The van der Waals surface area contributed by atoms with Crippen molar-refractivity contribution in [3.8, 4) is 10.6 Å². The number of carbonyl (C=O) groups is 2. The maximum absolute atomic E-state index is 13.4. The van der Waals surface area contributed by atoms with Crippen molar-refractivity contribution in [3.05, 3.63) is 101 Å². The van der Waals surface area contributed by atoms with Crippen molar-refractivity contribution in [1.29, 1.82) is 0 Å². The van der Waals surface area contributed by atoms with Gasteiger partial charge in [-0.3, -0.25) is 9.59 Å². The van der Waals surface area contributed by atoms with Gasteiger partial charge in [0.25, 0.3) is 0 Å². The lowest BCUT2D eigenvalue weighted by Crippen LogP contribution is -2.38. The van der Waals surface area contributed by atoms with E-state index in [0.717, 1.165) is 11.1 Å². The SMILES string of the molecule is CC(c1ccccc1)N(CCC(=O)Nc1nnc(-c2ccc(Cl)cc2)s1)C(=O)C(Cl)c1ccccc1. The van der Waals surface area contributed by atoms with E-state index in [4.69, 9.17) is 23.2 Å². The molecular formula is C27H24Cl2N4O2S. The Morgan fingerprint density at radius 2 is 1.53 bits per heavy atom. The Kier molecular flexibility index (Phi) is 8.70. The second-order valence-electron chi connectivity index (χ2n) is 8.11. The van der Waals surface area contributed by atoms with Gasteiger partial charge in [0.1, 0.15) is 10.4 Å². The molecule has 0 saturated carbocycles. The summed E-state index contributed by atoms with van der Waals surface area (Å²) in [6.07, 6.45) is 0.0805. The summed E-state index contributed by atoms with van der Waals surface area (Å²) in [5.41, 5.74) is 2.53. The van der Waals surface area contributed by atoms with E-state index in [-0.39, 0.29) is 30.8 Å². The van der Waals surface area contributed by atoms with Gasteiger partial charge in [0.2, 0.25) is 16.9 Å². The molecule has 4 aromatic rings. The number of hydrogen-bond acceptors (Lipinski definition) is 5. The monoisotopic (exact) mass is 538 g/mol. The summed E-state index contributed by atoms with van der Waals surface area (Å²) in [6, 6.07) is 25.8. The average molecular weight is 539 g/mol. The van der Waals surface area contributed by atoms with E-state index in [2.05, 4.69) is 15.5 Å². The molecule has 0 spiro atoms. The van der Waals surface area contributed by atoms with Gasteiger partial charge in [-0.2, -0.15) is 0 Å². The van der Waals surface area contributed by atoms with Gasteiger partial charge >= 0.3 is 0 Å². The Bertz CT molecular complexity index is 1300. The lowest BCUT2D eigenvalue weighted by molar-refractivity contribution is -0.133. The lowest BCUT2D eigenvalue weighted by atomic mass is 10.0. The van der Waals surface area contributed by atoms with E-state index in [1.165, 1.54) is 11.3 Å². The molecule has 2 amide bonds. The second-order valence-corrected chi connectivity index (χ2v) is 9.96. The van der Waals surface area contributed by atoms with E-state index >= 15 is 0 Å². The van der Waals surface area contributed by atoms with Gasteiger partial charge in [-0.25, -0.2) is 0 Å². The summed E-state index contributed by atoms with van der Waals surface area (Å²) >= 11 is 13.8. The van der Waals surface area contributed by atoms with Crippen LogP contribution in [-0.4, -0.2) is 33.5 Å². The van der Waals surface area contributed by atoms with Gasteiger partial charge in [-0.1, -0.05) is 95.7 Å². The maximum atomic E-state index is 13.4. The largest absolute Gasteiger partial charge is 0.334 e. The quantitative estimate of drug-likeness (QED) is 0.239. The molecule has 0 bridgehead atoms. The second kappa shape index (κ2) is 12.1. The van der Waals surface area contributed by atoms with Crippen LogP contribution in [0.4, 0.5) is 5.13 Å². The molecule has 2 atom stereocenters. The summed E-state index contributed by atoms with van der Waals surface area (Å²) in [5.74, 6) is -0.523. The first-order valence-electron chi connectivity index (χ1n) is 11.4. The fourth-order valence-corrected chi connectivity index (χ4v) is 4.87. The molecule has 3 aromatic carbocycles. The number of anilines is 1. The molecule has 0 fully saturated rings. The molecule has 184 valence electrons. The van der Waals surface area contributed by atoms with Crippen LogP contribution < -0.4 is 5.32 Å². The van der Waals surface area contributed by atoms with E-state index in [1.54, 1.807) is 17.0 Å². The predicted octanol–water partition coefficient (Wildman–Crippen LogP) is 6.76. The molecule has 0 saturated heterocycles. The van der Waals surface area contributed by atoms with Crippen molar-refractivity contribution >= 4 is 51.5 Å². The Labute approximate surface area is 223 Å².